The summed E-state index contributed by atoms with van der Waals surface area (Å²) in [6, 6.07) is 23.4. The Hall–Kier alpha value is -4.06. The van der Waals surface area contributed by atoms with Gasteiger partial charge < -0.3 is 14.8 Å². The molecule has 6 nitrogen and oxygen atoms in total. The SMILES string of the molecule is CCOc1ccc(C2=C(Nc3cccc(OCC)c3)C(=O)N(c3ccccc3)C2=O)cc1. The number of nitrogens with zero attached hydrogens (tertiary/aromatic N) is 1. The number of carbonyl (C=O) groups is 2. The van der Waals surface area contributed by atoms with Crippen molar-refractivity contribution in [1.29, 1.82) is 0 Å². The lowest BCUT2D eigenvalue weighted by Crippen LogP contribution is -2.32. The van der Waals surface area contributed by atoms with Crippen LogP contribution in [-0.2, 0) is 9.59 Å². The summed E-state index contributed by atoms with van der Waals surface area (Å²) in [6.07, 6.45) is 0. The molecule has 0 saturated heterocycles. The topological polar surface area (TPSA) is 67.9 Å². The summed E-state index contributed by atoms with van der Waals surface area (Å²) in [5.41, 5.74) is 2.34. The first-order valence-corrected chi connectivity index (χ1v) is 10.5. The van der Waals surface area contributed by atoms with Gasteiger partial charge in [0, 0.05) is 11.8 Å². The minimum Gasteiger partial charge on any atom is -0.494 e. The highest BCUT2D eigenvalue weighted by Crippen LogP contribution is 2.34. The highest BCUT2D eigenvalue weighted by molar-refractivity contribution is 6.46. The maximum absolute atomic E-state index is 13.4. The number of hydrogen-bond acceptors (Lipinski definition) is 5. The summed E-state index contributed by atoms with van der Waals surface area (Å²) in [7, 11) is 0. The fraction of sp³-hybridized carbons (Fsp3) is 0.154. The first-order valence-electron chi connectivity index (χ1n) is 10.5. The van der Waals surface area contributed by atoms with Crippen LogP contribution in [0.4, 0.5) is 11.4 Å². The summed E-state index contributed by atoms with van der Waals surface area (Å²) in [6.45, 7) is 4.89. The molecule has 32 heavy (non-hydrogen) atoms. The number of para-hydroxylation sites is 1. The van der Waals surface area contributed by atoms with Crippen molar-refractivity contribution >= 4 is 28.8 Å². The van der Waals surface area contributed by atoms with Crippen LogP contribution in [0.1, 0.15) is 19.4 Å². The minimum absolute atomic E-state index is 0.219. The Morgan fingerprint density at radius 2 is 1.44 bits per heavy atom. The molecule has 0 radical (unpaired) electrons. The smallest absolute Gasteiger partial charge is 0.282 e. The maximum Gasteiger partial charge on any atom is 0.282 e. The third-order valence-corrected chi connectivity index (χ3v) is 4.97. The summed E-state index contributed by atoms with van der Waals surface area (Å²) in [5.74, 6) is 0.589. The van der Waals surface area contributed by atoms with Gasteiger partial charge in [-0.2, -0.15) is 0 Å². The van der Waals surface area contributed by atoms with Crippen LogP contribution in [0.3, 0.4) is 0 Å². The molecule has 6 heteroatoms. The van der Waals surface area contributed by atoms with E-state index in [0.717, 1.165) is 0 Å². The molecule has 2 amide bonds. The van der Waals surface area contributed by atoms with E-state index in [4.69, 9.17) is 9.47 Å². The summed E-state index contributed by atoms with van der Waals surface area (Å²) >= 11 is 0. The fourth-order valence-electron chi connectivity index (χ4n) is 3.58. The van der Waals surface area contributed by atoms with Crippen LogP contribution in [0.15, 0.2) is 84.6 Å². The second-order valence-electron chi connectivity index (χ2n) is 7.07. The number of ether oxygens (including phenoxy) is 2. The van der Waals surface area contributed by atoms with E-state index in [1.54, 1.807) is 54.6 Å². The van der Waals surface area contributed by atoms with Crippen LogP contribution in [0.25, 0.3) is 5.57 Å². The minimum atomic E-state index is -0.410. The van der Waals surface area contributed by atoms with Crippen LogP contribution in [0.5, 0.6) is 11.5 Å². The summed E-state index contributed by atoms with van der Waals surface area (Å²) < 4.78 is 11.1. The normalized spacial score (nSPS) is 13.5. The standard InChI is InChI=1S/C26H24N2O4/c1-3-31-21-15-13-18(14-16-21)23-24(27-19-9-8-12-22(17-19)32-4-2)26(30)28(25(23)29)20-10-6-5-7-11-20/h5-17,27H,3-4H2,1-2H3. The molecule has 0 spiro atoms. The third kappa shape index (κ3) is 4.21. The van der Waals surface area contributed by atoms with E-state index in [9.17, 15) is 9.59 Å². The van der Waals surface area contributed by atoms with E-state index < -0.39 is 5.91 Å². The van der Waals surface area contributed by atoms with E-state index in [0.29, 0.717) is 47.2 Å². The van der Waals surface area contributed by atoms with Gasteiger partial charge in [-0.25, -0.2) is 4.90 Å². The molecule has 1 heterocycles. The number of imide groups is 1. The van der Waals surface area contributed by atoms with Crippen molar-refractivity contribution in [3.63, 3.8) is 0 Å². The van der Waals surface area contributed by atoms with Crippen LogP contribution < -0.4 is 19.7 Å². The van der Waals surface area contributed by atoms with Crippen LogP contribution >= 0.6 is 0 Å². The molecule has 1 aliphatic rings. The first-order chi connectivity index (χ1) is 15.6. The zero-order valence-electron chi connectivity index (χ0n) is 18.0. The lowest BCUT2D eigenvalue weighted by molar-refractivity contribution is -0.120. The number of anilines is 2. The first kappa shape index (κ1) is 21.2. The second kappa shape index (κ2) is 9.39. The number of hydrogen-bond donors (Lipinski definition) is 1. The number of rotatable bonds is 8. The van der Waals surface area contributed by atoms with Crippen LogP contribution in [0.2, 0.25) is 0 Å². The van der Waals surface area contributed by atoms with Gasteiger partial charge in [-0.1, -0.05) is 36.4 Å². The molecule has 1 N–H and O–H groups in total. The molecule has 0 bridgehead atoms. The Balaban J connectivity index is 1.77. The van der Waals surface area contributed by atoms with Gasteiger partial charge in [-0.15, -0.1) is 0 Å². The van der Waals surface area contributed by atoms with Crippen molar-refractivity contribution in [3.05, 3.63) is 90.1 Å². The van der Waals surface area contributed by atoms with Crippen molar-refractivity contribution in [2.75, 3.05) is 23.4 Å². The predicted molar refractivity (Wildman–Crippen MR) is 125 cm³/mol. The van der Waals surface area contributed by atoms with Gasteiger partial charge in [-0.3, -0.25) is 9.59 Å². The molecule has 3 aromatic rings. The highest BCUT2D eigenvalue weighted by atomic mass is 16.5. The highest BCUT2D eigenvalue weighted by Gasteiger charge is 2.40. The van der Waals surface area contributed by atoms with Gasteiger partial charge in [0.15, 0.2) is 0 Å². The van der Waals surface area contributed by atoms with E-state index in [-0.39, 0.29) is 11.6 Å². The Morgan fingerprint density at radius 1 is 0.750 bits per heavy atom. The molecule has 0 fully saturated rings. The van der Waals surface area contributed by atoms with E-state index in [1.807, 2.05) is 38.1 Å². The van der Waals surface area contributed by atoms with E-state index in [2.05, 4.69) is 5.32 Å². The molecule has 4 rings (SSSR count). The molecule has 0 aliphatic carbocycles. The molecular weight excluding hydrogens is 404 g/mol. The summed E-state index contributed by atoms with van der Waals surface area (Å²) in [5, 5.41) is 3.16. The second-order valence-corrected chi connectivity index (χ2v) is 7.07. The largest absolute Gasteiger partial charge is 0.494 e. The van der Waals surface area contributed by atoms with Crippen molar-refractivity contribution in [2.45, 2.75) is 13.8 Å². The Kier molecular flexibility index (Phi) is 6.22. The Morgan fingerprint density at radius 3 is 2.12 bits per heavy atom. The van der Waals surface area contributed by atoms with Gasteiger partial charge in [0.25, 0.3) is 11.8 Å². The third-order valence-electron chi connectivity index (χ3n) is 4.97. The van der Waals surface area contributed by atoms with Gasteiger partial charge in [0.05, 0.1) is 24.5 Å². The molecule has 0 saturated carbocycles. The molecule has 0 aromatic heterocycles. The molecule has 162 valence electrons. The molecule has 0 unspecified atom stereocenters. The monoisotopic (exact) mass is 428 g/mol. The molecule has 0 atom stereocenters. The zero-order valence-corrected chi connectivity index (χ0v) is 18.0. The predicted octanol–water partition coefficient (Wildman–Crippen LogP) is 4.88. The Labute approximate surface area is 187 Å². The van der Waals surface area contributed by atoms with Gasteiger partial charge >= 0.3 is 0 Å². The van der Waals surface area contributed by atoms with Crippen molar-refractivity contribution in [3.8, 4) is 11.5 Å². The van der Waals surface area contributed by atoms with E-state index in [1.165, 1.54) is 4.90 Å². The van der Waals surface area contributed by atoms with Crippen molar-refractivity contribution < 1.29 is 19.1 Å². The quantitative estimate of drug-likeness (QED) is 0.518. The molecular formula is C26H24N2O4. The van der Waals surface area contributed by atoms with Gasteiger partial charge in [-0.05, 0) is 55.8 Å². The van der Waals surface area contributed by atoms with Crippen LogP contribution in [-0.4, -0.2) is 25.0 Å². The number of benzene rings is 3. The number of carbonyl (C=O) groups excluding carboxylic acids is 2. The van der Waals surface area contributed by atoms with Crippen molar-refractivity contribution in [1.82, 2.24) is 0 Å². The average molecular weight is 428 g/mol. The average Bonchev–Trinajstić information content (AvgIpc) is 3.05. The lowest BCUT2D eigenvalue weighted by atomic mass is 10.0. The fourth-order valence-corrected chi connectivity index (χ4v) is 3.58. The maximum atomic E-state index is 13.4. The Bertz CT molecular complexity index is 1150. The molecule has 1 aliphatic heterocycles. The van der Waals surface area contributed by atoms with Gasteiger partial charge in [0.1, 0.15) is 17.2 Å². The van der Waals surface area contributed by atoms with Gasteiger partial charge in [0.2, 0.25) is 0 Å². The number of nitrogens with one attached hydrogen (secondary N) is 1. The summed E-state index contributed by atoms with van der Waals surface area (Å²) in [4.78, 5) is 28.1. The van der Waals surface area contributed by atoms with Crippen molar-refractivity contribution in [2.24, 2.45) is 0 Å². The molecule has 3 aromatic carbocycles. The van der Waals surface area contributed by atoms with Crippen LogP contribution in [0, 0.1) is 0 Å². The zero-order chi connectivity index (χ0) is 22.5. The van der Waals surface area contributed by atoms with E-state index >= 15 is 0 Å². The lowest BCUT2D eigenvalue weighted by Gasteiger charge is -2.15. The number of amides is 2.